The zero-order valence-electron chi connectivity index (χ0n) is 15.3. The number of rotatable bonds is 3. The van der Waals surface area contributed by atoms with Gasteiger partial charge in [0.15, 0.2) is 5.96 Å². The third-order valence-corrected chi connectivity index (χ3v) is 5.31. The summed E-state index contributed by atoms with van der Waals surface area (Å²) >= 11 is 6.28. The third-order valence-electron chi connectivity index (χ3n) is 4.99. The van der Waals surface area contributed by atoms with Gasteiger partial charge in [-0.15, -0.1) is 0 Å². The van der Waals surface area contributed by atoms with Crippen LogP contribution in [0.15, 0.2) is 29.3 Å². The fraction of sp³-hybridized carbons (Fsp3) is 0.611. The number of nitrogens with zero attached hydrogens (tertiary/aromatic N) is 4. The summed E-state index contributed by atoms with van der Waals surface area (Å²) in [7, 11) is 1.71. The van der Waals surface area contributed by atoms with Crippen LogP contribution in [0, 0.1) is 0 Å². The van der Waals surface area contributed by atoms with Gasteiger partial charge in [0, 0.05) is 52.4 Å². The van der Waals surface area contributed by atoms with Crippen LogP contribution in [-0.2, 0) is 0 Å². The van der Waals surface area contributed by atoms with E-state index in [-0.39, 0.29) is 6.04 Å². The maximum atomic E-state index is 12.6. The van der Waals surface area contributed by atoms with E-state index in [1.807, 2.05) is 24.3 Å². The van der Waals surface area contributed by atoms with Crippen LogP contribution in [-0.4, -0.2) is 80.8 Å². The molecule has 1 atom stereocenters. The molecule has 0 saturated carbocycles. The molecule has 0 aromatic heterocycles. The molecule has 2 saturated heterocycles. The SMILES string of the molecule is CN=C(NC1CCN(CC(F)(F)F)C1)N1CCN(c2ccccc2Cl)CC1. The van der Waals surface area contributed by atoms with Gasteiger partial charge in [0.05, 0.1) is 17.3 Å². The summed E-state index contributed by atoms with van der Waals surface area (Å²) in [5.41, 5.74) is 1.03. The summed E-state index contributed by atoms with van der Waals surface area (Å²) in [4.78, 5) is 10.2. The Balaban J connectivity index is 1.51. The normalized spacial score (nSPS) is 22.4. The number of para-hydroxylation sites is 1. The molecule has 150 valence electrons. The van der Waals surface area contributed by atoms with Crippen LogP contribution >= 0.6 is 11.6 Å². The Kier molecular flexibility index (Phi) is 6.37. The van der Waals surface area contributed by atoms with E-state index in [0.717, 1.165) is 42.8 Å². The highest BCUT2D eigenvalue weighted by Gasteiger charge is 2.35. The number of likely N-dealkylation sites (tertiary alicyclic amines) is 1. The summed E-state index contributed by atoms with van der Waals surface area (Å²) in [5.74, 6) is 0.757. The standard InChI is InChI=1S/C18H25ClF3N5/c1-23-17(24-14-6-7-25(12-14)13-18(20,21)22)27-10-8-26(9-11-27)16-5-3-2-4-15(16)19/h2-5,14H,6-13H2,1H3,(H,23,24). The molecule has 1 unspecified atom stereocenters. The minimum Gasteiger partial charge on any atom is -0.367 e. The molecular formula is C18H25ClF3N5. The van der Waals surface area contributed by atoms with Crippen molar-refractivity contribution in [1.82, 2.24) is 15.1 Å². The van der Waals surface area contributed by atoms with Gasteiger partial charge in [-0.3, -0.25) is 9.89 Å². The van der Waals surface area contributed by atoms with Gasteiger partial charge in [-0.25, -0.2) is 0 Å². The molecule has 9 heteroatoms. The van der Waals surface area contributed by atoms with Gasteiger partial charge in [0.2, 0.25) is 0 Å². The Bertz CT molecular complexity index is 659. The smallest absolute Gasteiger partial charge is 0.367 e. The molecule has 3 rings (SSSR count). The maximum absolute atomic E-state index is 12.6. The van der Waals surface area contributed by atoms with Crippen molar-refractivity contribution >= 4 is 23.2 Å². The van der Waals surface area contributed by atoms with Crippen LogP contribution in [0.25, 0.3) is 0 Å². The number of hydrogen-bond acceptors (Lipinski definition) is 3. The number of aliphatic imine (C=N–C) groups is 1. The number of benzene rings is 1. The van der Waals surface area contributed by atoms with Crippen molar-refractivity contribution in [3.63, 3.8) is 0 Å². The molecule has 0 spiro atoms. The minimum atomic E-state index is -4.15. The lowest BCUT2D eigenvalue weighted by atomic mass is 10.2. The Hall–Kier alpha value is -1.67. The number of nitrogens with one attached hydrogen (secondary N) is 1. The molecule has 0 amide bonds. The zero-order chi connectivity index (χ0) is 19.4. The van der Waals surface area contributed by atoms with E-state index in [9.17, 15) is 13.2 Å². The molecular weight excluding hydrogens is 379 g/mol. The summed E-state index contributed by atoms with van der Waals surface area (Å²) in [6.07, 6.45) is -3.46. The highest BCUT2D eigenvalue weighted by molar-refractivity contribution is 6.33. The lowest BCUT2D eigenvalue weighted by molar-refractivity contribution is -0.143. The first-order valence-corrected chi connectivity index (χ1v) is 9.50. The predicted octanol–water partition coefficient (Wildman–Crippen LogP) is 2.67. The second-order valence-corrected chi connectivity index (χ2v) is 7.36. The summed E-state index contributed by atoms with van der Waals surface area (Å²) in [5, 5.41) is 4.08. The Morgan fingerprint density at radius 1 is 1.19 bits per heavy atom. The van der Waals surface area contributed by atoms with Gasteiger partial charge in [-0.1, -0.05) is 23.7 Å². The van der Waals surface area contributed by atoms with E-state index in [2.05, 4.69) is 20.1 Å². The first kappa shape index (κ1) is 20.1. The van der Waals surface area contributed by atoms with Gasteiger partial charge in [0.1, 0.15) is 0 Å². The molecule has 0 aliphatic carbocycles. The second kappa shape index (κ2) is 8.56. The Labute approximate surface area is 162 Å². The highest BCUT2D eigenvalue weighted by atomic mass is 35.5. The molecule has 1 N–H and O–H groups in total. The molecule has 5 nitrogen and oxygen atoms in total. The van der Waals surface area contributed by atoms with E-state index in [0.29, 0.717) is 19.5 Å². The maximum Gasteiger partial charge on any atom is 0.401 e. The van der Waals surface area contributed by atoms with Gasteiger partial charge in [0.25, 0.3) is 0 Å². The van der Waals surface area contributed by atoms with Crippen LogP contribution in [0.5, 0.6) is 0 Å². The summed E-state index contributed by atoms with van der Waals surface area (Å²) in [6.45, 7) is 3.19. The van der Waals surface area contributed by atoms with E-state index < -0.39 is 12.7 Å². The van der Waals surface area contributed by atoms with Gasteiger partial charge in [-0.05, 0) is 18.6 Å². The van der Waals surface area contributed by atoms with Crippen LogP contribution in [0.3, 0.4) is 0 Å². The van der Waals surface area contributed by atoms with E-state index in [4.69, 9.17) is 11.6 Å². The number of alkyl halides is 3. The van der Waals surface area contributed by atoms with E-state index in [1.165, 1.54) is 4.90 Å². The van der Waals surface area contributed by atoms with Gasteiger partial charge in [-0.2, -0.15) is 13.2 Å². The zero-order valence-corrected chi connectivity index (χ0v) is 16.1. The average Bonchev–Trinajstić information content (AvgIpc) is 3.05. The molecule has 0 radical (unpaired) electrons. The molecule has 2 heterocycles. The number of guanidine groups is 1. The van der Waals surface area contributed by atoms with Crippen molar-refractivity contribution in [2.24, 2.45) is 4.99 Å². The van der Waals surface area contributed by atoms with E-state index >= 15 is 0 Å². The fourth-order valence-corrected chi connectivity index (χ4v) is 3.95. The molecule has 2 fully saturated rings. The molecule has 2 aliphatic rings. The second-order valence-electron chi connectivity index (χ2n) is 6.95. The van der Waals surface area contributed by atoms with Crippen LogP contribution in [0.4, 0.5) is 18.9 Å². The van der Waals surface area contributed by atoms with Crippen molar-refractivity contribution in [1.29, 1.82) is 0 Å². The average molecular weight is 404 g/mol. The van der Waals surface area contributed by atoms with E-state index in [1.54, 1.807) is 7.05 Å². The van der Waals surface area contributed by atoms with Crippen LogP contribution < -0.4 is 10.2 Å². The number of anilines is 1. The lowest BCUT2D eigenvalue weighted by Crippen LogP contribution is -2.54. The minimum absolute atomic E-state index is 0.00681. The number of hydrogen-bond donors (Lipinski definition) is 1. The molecule has 2 aliphatic heterocycles. The van der Waals surface area contributed by atoms with Crippen molar-refractivity contribution < 1.29 is 13.2 Å². The first-order valence-electron chi connectivity index (χ1n) is 9.12. The molecule has 0 bridgehead atoms. The molecule has 1 aromatic rings. The van der Waals surface area contributed by atoms with Crippen LogP contribution in [0.2, 0.25) is 5.02 Å². The molecule has 1 aromatic carbocycles. The monoisotopic (exact) mass is 403 g/mol. The van der Waals surface area contributed by atoms with Crippen molar-refractivity contribution in [3.8, 4) is 0 Å². The quantitative estimate of drug-likeness (QED) is 0.621. The van der Waals surface area contributed by atoms with Crippen molar-refractivity contribution in [3.05, 3.63) is 29.3 Å². The third kappa shape index (κ3) is 5.42. The topological polar surface area (TPSA) is 34.1 Å². The van der Waals surface area contributed by atoms with Crippen molar-refractivity contribution in [2.75, 3.05) is 57.8 Å². The fourth-order valence-electron chi connectivity index (χ4n) is 3.69. The summed E-state index contributed by atoms with van der Waals surface area (Å²) in [6, 6.07) is 7.78. The Morgan fingerprint density at radius 3 is 2.52 bits per heavy atom. The first-order chi connectivity index (χ1) is 12.9. The molecule has 27 heavy (non-hydrogen) atoms. The Morgan fingerprint density at radius 2 is 1.89 bits per heavy atom. The number of halogens is 4. The highest BCUT2D eigenvalue weighted by Crippen LogP contribution is 2.26. The van der Waals surface area contributed by atoms with Gasteiger partial charge < -0.3 is 15.1 Å². The summed E-state index contributed by atoms with van der Waals surface area (Å²) < 4.78 is 37.7. The van der Waals surface area contributed by atoms with Gasteiger partial charge >= 0.3 is 6.18 Å². The van der Waals surface area contributed by atoms with Crippen molar-refractivity contribution in [2.45, 2.75) is 18.6 Å². The largest absolute Gasteiger partial charge is 0.401 e. The predicted molar refractivity (Wildman–Crippen MR) is 103 cm³/mol. The lowest BCUT2D eigenvalue weighted by Gasteiger charge is -2.38. The number of piperazine rings is 1. The van der Waals surface area contributed by atoms with Crippen LogP contribution in [0.1, 0.15) is 6.42 Å².